The van der Waals surface area contributed by atoms with Gasteiger partial charge in [0.1, 0.15) is 0 Å². The maximum absolute atomic E-state index is 13.2. The number of nitrogens with two attached hydrogens (primary N) is 1. The summed E-state index contributed by atoms with van der Waals surface area (Å²) in [4.78, 5) is 9.32. The zero-order valence-corrected chi connectivity index (χ0v) is 11.3. The second kappa shape index (κ2) is 5.43. The molecule has 2 rings (SSSR count). The zero-order chi connectivity index (χ0) is 14.9. The van der Waals surface area contributed by atoms with Gasteiger partial charge in [-0.25, -0.2) is 13.1 Å². The van der Waals surface area contributed by atoms with Crippen molar-refractivity contribution in [1.29, 1.82) is 0 Å². The van der Waals surface area contributed by atoms with Crippen LogP contribution in [0.15, 0.2) is 23.1 Å². The van der Waals surface area contributed by atoms with Gasteiger partial charge in [0.15, 0.2) is 0 Å². The highest BCUT2D eigenvalue weighted by atomic mass is 32.2. The van der Waals surface area contributed by atoms with Gasteiger partial charge in [0.2, 0.25) is 15.8 Å². The largest absolute Gasteiger partial charge is 0.329 e. The fraction of sp³-hybridized carbons (Fsp3) is 0.455. The molecule has 1 aliphatic rings. The average Bonchev–Trinajstić information content (AvgIpc) is 3.20. The molecule has 0 saturated heterocycles. The number of nitro groups is 1. The smallest absolute Gasteiger partial charge is 0.306 e. The number of hydrogen-bond donors (Lipinski definition) is 2. The maximum Gasteiger partial charge on any atom is 0.306 e. The summed E-state index contributed by atoms with van der Waals surface area (Å²) < 4.78 is 39.8. The number of sulfonamides is 1. The summed E-state index contributed by atoms with van der Waals surface area (Å²) in [5.41, 5.74) is 4.63. The van der Waals surface area contributed by atoms with Crippen molar-refractivity contribution < 1.29 is 17.7 Å². The van der Waals surface area contributed by atoms with Gasteiger partial charge in [-0.2, -0.15) is 4.39 Å². The Morgan fingerprint density at radius 1 is 1.50 bits per heavy atom. The van der Waals surface area contributed by atoms with Gasteiger partial charge in [0, 0.05) is 18.7 Å². The molecule has 0 spiro atoms. The molecule has 0 aliphatic heterocycles. The molecule has 0 radical (unpaired) electrons. The molecule has 1 aliphatic carbocycles. The summed E-state index contributed by atoms with van der Waals surface area (Å²) in [5.74, 6) is -0.878. The van der Waals surface area contributed by atoms with Gasteiger partial charge in [0.05, 0.1) is 9.82 Å². The van der Waals surface area contributed by atoms with E-state index >= 15 is 0 Å². The van der Waals surface area contributed by atoms with Crippen molar-refractivity contribution in [3.8, 4) is 0 Å². The lowest BCUT2D eigenvalue weighted by Crippen LogP contribution is -2.41. The standard InChI is InChI=1S/C11H14FN3O4S/c12-9-4-3-8(5-11(9)15(16)17)20(18,19)14-10(6-13)7-1-2-7/h3-5,7,10,14H,1-2,6,13H2. The monoisotopic (exact) mass is 303 g/mol. The molecule has 3 N–H and O–H groups in total. The summed E-state index contributed by atoms with van der Waals surface area (Å²) >= 11 is 0. The second-order valence-corrected chi connectivity index (χ2v) is 6.39. The fourth-order valence-corrected chi connectivity index (χ4v) is 3.24. The molecule has 0 heterocycles. The van der Waals surface area contributed by atoms with Crippen molar-refractivity contribution in [2.75, 3.05) is 6.54 Å². The summed E-state index contributed by atoms with van der Waals surface area (Å²) in [6, 6.07) is 2.06. The first-order chi connectivity index (χ1) is 9.35. The van der Waals surface area contributed by atoms with Gasteiger partial charge < -0.3 is 5.73 Å². The number of rotatable bonds is 6. The van der Waals surface area contributed by atoms with Crippen LogP contribution in [0, 0.1) is 21.8 Å². The average molecular weight is 303 g/mol. The van der Waals surface area contributed by atoms with Crippen LogP contribution in [0.2, 0.25) is 0 Å². The van der Waals surface area contributed by atoms with E-state index in [1.54, 1.807) is 0 Å². The van der Waals surface area contributed by atoms with Crippen molar-refractivity contribution in [2.45, 2.75) is 23.8 Å². The van der Waals surface area contributed by atoms with Crippen molar-refractivity contribution in [1.82, 2.24) is 4.72 Å². The highest BCUT2D eigenvalue weighted by Gasteiger charge is 2.34. The minimum Gasteiger partial charge on any atom is -0.329 e. The summed E-state index contributed by atoms with van der Waals surface area (Å²) in [7, 11) is -3.95. The molecule has 20 heavy (non-hydrogen) atoms. The lowest BCUT2D eigenvalue weighted by Gasteiger charge is -2.16. The van der Waals surface area contributed by atoms with E-state index in [2.05, 4.69) is 4.72 Å². The molecule has 7 nitrogen and oxygen atoms in total. The highest BCUT2D eigenvalue weighted by molar-refractivity contribution is 7.89. The topological polar surface area (TPSA) is 115 Å². The lowest BCUT2D eigenvalue weighted by atomic mass is 10.2. The van der Waals surface area contributed by atoms with Crippen LogP contribution in [0.5, 0.6) is 0 Å². The van der Waals surface area contributed by atoms with Crippen LogP contribution in [0.1, 0.15) is 12.8 Å². The molecule has 0 aromatic heterocycles. The van der Waals surface area contributed by atoms with E-state index in [1.807, 2.05) is 0 Å². The van der Waals surface area contributed by atoms with E-state index in [1.165, 1.54) is 0 Å². The third-order valence-corrected chi connectivity index (χ3v) is 4.66. The van der Waals surface area contributed by atoms with Crippen LogP contribution in [-0.2, 0) is 10.0 Å². The molecule has 1 aromatic rings. The first-order valence-electron chi connectivity index (χ1n) is 6.01. The van der Waals surface area contributed by atoms with Gasteiger partial charge in [-0.1, -0.05) is 0 Å². The first kappa shape index (κ1) is 14.8. The Hall–Kier alpha value is -1.58. The predicted octanol–water partition coefficient (Wildman–Crippen LogP) is 0.750. The fourth-order valence-electron chi connectivity index (χ4n) is 1.90. The first-order valence-corrected chi connectivity index (χ1v) is 7.50. The molecular formula is C11H14FN3O4S. The Morgan fingerprint density at radius 3 is 2.65 bits per heavy atom. The number of halogens is 1. The number of nitrogens with one attached hydrogen (secondary N) is 1. The van der Waals surface area contributed by atoms with Crippen LogP contribution >= 0.6 is 0 Å². The van der Waals surface area contributed by atoms with E-state index in [4.69, 9.17) is 5.73 Å². The van der Waals surface area contributed by atoms with Crippen LogP contribution in [0.3, 0.4) is 0 Å². The molecule has 1 saturated carbocycles. The van der Waals surface area contributed by atoms with Crippen molar-refractivity contribution in [3.05, 3.63) is 34.1 Å². The van der Waals surface area contributed by atoms with E-state index in [0.717, 1.165) is 25.0 Å². The molecule has 0 bridgehead atoms. The Balaban J connectivity index is 2.29. The van der Waals surface area contributed by atoms with Crippen LogP contribution in [0.25, 0.3) is 0 Å². The molecule has 110 valence electrons. The minimum atomic E-state index is -3.95. The van der Waals surface area contributed by atoms with Crippen LogP contribution < -0.4 is 10.5 Å². The molecule has 1 fully saturated rings. The van der Waals surface area contributed by atoms with Crippen molar-refractivity contribution in [3.63, 3.8) is 0 Å². The number of nitrogens with zero attached hydrogens (tertiary/aromatic N) is 1. The number of hydrogen-bond acceptors (Lipinski definition) is 5. The van der Waals surface area contributed by atoms with E-state index in [9.17, 15) is 22.9 Å². The molecule has 1 aromatic carbocycles. The Labute approximate surface area is 115 Å². The molecule has 9 heteroatoms. The SMILES string of the molecule is NCC(NS(=O)(=O)c1ccc(F)c([N+](=O)[O-])c1)C1CC1. The Kier molecular flexibility index (Phi) is 4.02. The van der Waals surface area contributed by atoms with Gasteiger partial charge in [-0.05, 0) is 30.9 Å². The molecule has 1 atom stereocenters. The minimum absolute atomic E-state index is 0.146. The Bertz CT molecular complexity index is 631. The van der Waals surface area contributed by atoms with E-state index in [-0.39, 0.29) is 17.4 Å². The van der Waals surface area contributed by atoms with E-state index in [0.29, 0.717) is 6.07 Å². The maximum atomic E-state index is 13.2. The summed E-state index contributed by atoms with van der Waals surface area (Å²) in [6.07, 6.45) is 1.79. The quantitative estimate of drug-likeness (QED) is 0.594. The number of benzene rings is 1. The molecule has 0 amide bonds. The van der Waals surface area contributed by atoms with Crippen LogP contribution in [-0.4, -0.2) is 25.9 Å². The molecule has 1 unspecified atom stereocenters. The third kappa shape index (κ3) is 3.11. The second-order valence-electron chi connectivity index (χ2n) is 4.67. The number of nitro benzene ring substituents is 1. The van der Waals surface area contributed by atoms with Crippen LogP contribution in [0.4, 0.5) is 10.1 Å². The van der Waals surface area contributed by atoms with Gasteiger partial charge >= 0.3 is 5.69 Å². The van der Waals surface area contributed by atoms with Gasteiger partial charge in [-0.3, -0.25) is 10.1 Å². The zero-order valence-electron chi connectivity index (χ0n) is 10.5. The third-order valence-electron chi connectivity index (χ3n) is 3.18. The van der Waals surface area contributed by atoms with E-state index < -0.39 is 32.5 Å². The highest BCUT2D eigenvalue weighted by Crippen LogP contribution is 2.33. The summed E-state index contributed by atoms with van der Waals surface area (Å²) in [6.45, 7) is 0.146. The predicted molar refractivity (Wildman–Crippen MR) is 68.9 cm³/mol. The van der Waals surface area contributed by atoms with Gasteiger partial charge in [-0.15, -0.1) is 0 Å². The van der Waals surface area contributed by atoms with Crippen molar-refractivity contribution in [2.24, 2.45) is 11.7 Å². The van der Waals surface area contributed by atoms with Gasteiger partial charge in [0.25, 0.3) is 0 Å². The Morgan fingerprint density at radius 2 is 2.15 bits per heavy atom. The van der Waals surface area contributed by atoms with Crippen molar-refractivity contribution >= 4 is 15.7 Å². The normalized spacial score (nSPS) is 16.9. The summed E-state index contributed by atoms with van der Waals surface area (Å²) in [5, 5.41) is 10.6. The lowest BCUT2D eigenvalue weighted by molar-refractivity contribution is -0.387. The molecular weight excluding hydrogens is 289 g/mol.